The third-order valence-electron chi connectivity index (χ3n) is 3.26. The number of benzene rings is 1. The molecule has 0 saturated carbocycles. The molecular weight excluding hydrogens is 260 g/mol. The van der Waals surface area contributed by atoms with Gasteiger partial charge in [0.05, 0.1) is 4.92 Å². The van der Waals surface area contributed by atoms with Crippen molar-refractivity contribution in [2.24, 2.45) is 0 Å². The van der Waals surface area contributed by atoms with E-state index in [1.807, 2.05) is 0 Å². The minimum absolute atomic E-state index is 0.0436. The minimum Gasteiger partial charge on any atom is -0.338 e. The lowest BCUT2D eigenvalue weighted by Gasteiger charge is -2.11. The van der Waals surface area contributed by atoms with E-state index in [2.05, 4.69) is 16.0 Å². The van der Waals surface area contributed by atoms with Crippen molar-refractivity contribution in [3.8, 4) is 0 Å². The molecule has 2 amide bonds. The van der Waals surface area contributed by atoms with Gasteiger partial charge in [0.15, 0.2) is 0 Å². The lowest BCUT2D eigenvalue weighted by Crippen LogP contribution is -2.33. The van der Waals surface area contributed by atoms with E-state index in [-0.39, 0.29) is 11.7 Å². The first-order valence-electron chi connectivity index (χ1n) is 6.68. The van der Waals surface area contributed by atoms with Crippen molar-refractivity contribution in [1.82, 2.24) is 10.6 Å². The van der Waals surface area contributed by atoms with E-state index in [9.17, 15) is 14.9 Å². The standard InChI is InChI=1S/C13H18N4O3/c18-13(15-8-6-10-4-2-7-14-10)16-11-3-1-5-12(9-11)17(19)20/h1,3,5,9-10,14H,2,4,6-8H2,(H2,15,16,18)/t10-/m1/s1. The van der Waals surface area contributed by atoms with Gasteiger partial charge in [-0.2, -0.15) is 0 Å². The summed E-state index contributed by atoms with van der Waals surface area (Å²) in [6, 6.07) is 6.01. The van der Waals surface area contributed by atoms with E-state index in [1.165, 1.54) is 24.6 Å². The van der Waals surface area contributed by atoms with Gasteiger partial charge in [0.25, 0.3) is 5.69 Å². The Morgan fingerprint density at radius 1 is 1.50 bits per heavy atom. The van der Waals surface area contributed by atoms with Gasteiger partial charge in [-0.25, -0.2) is 4.79 Å². The second-order valence-electron chi connectivity index (χ2n) is 4.77. The molecule has 0 unspecified atom stereocenters. The normalized spacial score (nSPS) is 17.7. The summed E-state index contributed by atoms with van der Waals surface area (Å²) < 4.78 is 0. The summed E-state index contributed by atoms with van der Waals surface area (Å²) in [6.45, 7) is 1.63. The molecule has 1 heterocycles. The number of nitro benzene ring substituents is 1. The van der Waals surface area contributed by atoms with Gasteiger partial charge < -0.3 is 16.0 Å². The van der Waals surface area contributed by atoms with Crippen LogP contribution in [0.2, 0.25) is 0 Å². The quantitative estimate of drug-likeness (QED) is 0.565. The summed E-state index contributed by atoms with van der Waals surface area (Å²) in [7, 11) is 0. The number of amides is 2. The predicted molar refractivity (Wildman–Crippen MR) is 75.8 cm³/mol. The highest BCUT2D eigenvalue weighted by Crippen LogP contribution is 2.16. The van der Waals surface area contributed by atoms with Crippen molar-refractivity contribution in [3.63, 3.8) is 0 Å². The topological polar surface area (TPSA) is 96.3 Å². The molecule has 1 aromatic rings. The summed E-state index contributed by atoms with van der Waals surface area (Å²) in [4.78, 5) is 21.8. The van der Waals surface area contributed by atoms with Gasteiger partial charge in [-0.3, -0.25) is 10.1 Å². The van der Waals surface area contributed by atoms with E-state index in [4.69, 9.17) is 0 Å². The monoisotopic (exact) mass is 278 g/mol. The number of anilines is 1. The smallest absolute Gasteiger partial charge is 0.319 e. The lowest BCUT2D eigenvalue weighted by atomic mass is 10.1. The first kappa shape index (κ1) is 14.3. The molecule has 1 aliphatic rings. The molecule has 1 atom stereocenters. The molecule has 1 saturated heterocycles. The van der Waals surface area contributed by atoms with Gasteiger partial charge in [-0.15, -0.1) is 0 Å². The molecule has 2 rings (SSSR count). The Kier molecular flexibility index (Phi) is 4.89. The first-order valence-corrected chi connectivity index (χ1v) is 6.68. The summed E-state index contributed by atoms with van der Waals surface area (Å²) in [5.41, 5.74) is 0.369. The maximum atomic E-state index is 11.7. The fourth-order valence-electron chi connectivity index (χ4n) is 2.24. The van der Waals surface area contributed by atoms with Crippen LogP contribution in [0.1, 0.15) is 19.3 Å². The number of nitro groups is 1. The molecule has 1 fully saturated rings. The highest BCUT2D eigenvalue weighted by Gasteiger charge is 2.13. The van der Waals surface area contributed by atoms with Crippen LogP contribution in [0.3, 0.4) is 0 Å². The minimum atomic E-state index is -0.491. The second-order valence-corrected chi connectivity index (χ2v) is 4.77. The third-order valence-corrected chi connectivity index (χ3v) is 3.26. The van der Waals surface area contributed by atoms with Crippen molar-refractivity contribution in [1.29, 1.82) is 0 Å². The lowest BCUT2D eigenvalue weighted by molar-refractivity contribution is -0.384. The number of non-ortho nitro benzene ring substituents is 1. The molecule has 1 aromatic carbocycles. The molecule has 0 radical (unpaired) electrons. The van der Waals surface area contributed by atoms with Crippen molar-refractivity contribution in [2.75, 3.05) is 18.4 Å². The Morgan fingerprint density at radius 2 is 2.35 bits per heavy atom. The summed E-state index contributed by atoms with van der Waals surface area (Å²) >= 11 is 0. The van der Waals surface area contributed by atoms with Crippen molar-refractivity contribution >= 4 is 17.4 Å². The van der Waals surface area contributed by atoms with Gasteiger partial charge in [0.2, 0.25) is 0 Å². The van der Waals surface area contributed by atoms with E-state index < -0.39 is 4.92 Å². The van der Waals surface area contributed by atoms with E-state index in [0.29, 0.717) is 18.3 Å². The zero-order chi connectivity index (χ0) is 14.4. The number of nitrogens with one attached hydrogen (secondary N) is 3. The van der Waals surface area contributed by atoms with Crippen LogP contribution >= 0.6 is 0 Å². The SMILES string of the molecule is O=C(NCC[C@H]1CCCN1)Nc1cccc([N+](=O)[O-])c1. The molecule has 0 bridgehead atoms. The fraction of sp³-hybridized carbons (Fsp3) is 0.462. The van der Waals surface area contributed by atoms with Crippen molar-refractivity contribution in [3.05, 3.63) is 34.4 Å². The van der Waals surface area contributed by atoms with Gasteiger partial charge in [-0.1, -0.05) is 6.07 Å². The maximum Gasteiger partial charge on any atom is 0.319 e. The Labute approximate surface area is 116 Å². The third kappa shape index (κ3) is 4.20. The Hall–Kier alpha value is -2.15. The molecule has 0 aliphatic carbocycles. The number of carbonyl (C=O) groups is 1. The molecule has 0 spiro atoms. The molecule has 7 nitrogen and oxygen atoms in total. The number of nitrogens with zero attached hydrogens (tertiary/aromatic N) is 1. The number of carbonyl (C=O) groups excluding carboxylic acids is 1. The van der Waals surface area contributed by atoms with Crippen LogP contribution in [0, 0.1) is 10.1 Å². The van der Waals surface area contributed by atoms with Gasteiger partial charge in [0.1, 0.15) is 0 Å². The zero-order valence-corrected chi connectivity index (χ0v) is 11.1. The average Bonchev–Trinajstić information content (AvgIpc) is 2.92. The van der Waals surface area contributed by atoms with E-state index in [0.717, 1.165) is 19.4 Å². The average molecular weight is 278 g/mol. The van der Waals surface area contributed by atoms with Crippen molar-refractivity contribution in [2.45, 2.75) is 25.3 Å². The fourth-order valence-corrected chi connectivity index (χ4v) is 2.24. The van der Waals surface area contributed by atoms with E-state index in [1.54, 1.807) is 6.07 Å². The largest absolute Gasteiger partial charge is 0.338 e. The number of urea groups is 1. The molecule has 7 heteroatoms. The van der Waals surface area contributed by atoms with Gasteiger partial charge in [0, 0.05) is 30.4 Å². The highest BCUT2D eigenvalue weighted by molar-refractivity contribution is 5.89. The van der Waals surface area contributed by atoms with Crippen LogP contribution < -0.4 is 16.0 Å². The Balaban J connectivity index is 1.76. The molecule has 3 N–H and O–H groups in total. The van der Waals surface area contributed by atoms with Crippen LogP contribution in [0.25, 0.3) is 0 Å². The van der Waals surface area contributed by atoms with Gasteiger partial charge >= 0.3 is 6.03 Å². The van der Waals surface area contributed by atoms with Crippen LogP contribution in [0.5, 0.6) is 0 Å². The number of rotatable bonds is 5. The zero-order valence-electron chi connectivity index (χ0n) is 11.1. The van der Waals surface area contributed by atoms with Crippen LogP contribution in [0.15, 0.2) is 24.3 Å². The Morgan fingerprint density at radius 3 is 3.05 bits per heavy atom. The second kappa shape index (κ2) is 6.85. The Bertz CT molecular complexity index is 486. The van der Waals surface area contributed by atoms with Crippen LogP contribution in [-0.2, 0) is 0 Å². The van der Waals surface area contributed by atoms with Crippen molar-refractivity contribution < 1.29 is 9.72 Å². The molecule has 1 aliphatic heterocycles. The maximum absolute atomic E-state index is 11.7. The summed E-state index contributed by atoms with van der Waals surface area (Å²) in [6.07, 6.45) is 3.22. The van der Waals surface area contributed by atoms with E-state index >= 15 is 0 Å². The van der Waals surface area contributed by atoms with Crippen LogP contribution in [0.4, 0.5) is 16.2 Å². The summed E-state index contributed by atoms with van der Waals surface area (Å²) in [5, 5.41) is 19.3. The van der Waals surface area contributed by atoms with Crippen LogP contribution in [-0.4, -0.2) is 30.1 Å². The predicted octanol–water partition coefficient (Wildman–Crippen LogP) is 1.86. The number of hydrogen-bond acceptors (Lipinski definition) is 4. The molecule has 108 valence electrons. The highest BCUT2D eigenvalue weighted by atomic mass is 16.6. The van der Waals surface area contributed by atoms with Gasteiger partial charge in [-0.05, 0) is 31.9 Å². The molecule has 0 aromatic heterocycles. The summed E-state index contributed by atoms with van der Waals surface area (Å²) in [5.74, 6) is 0. The molecule has 20 heavy (non-hydrogen) atoms. The molecular formula is C13H18N4O3. The number of hydrogen-bond donors (Lipinski definition) is 3. The first-order chi connectivity index (χ1) is 9.65.